The topological polar surface area (TPSA) is 57.6 Å². The number of hydrogen-bond donors (Lipinski definition) is 1. The third kappa shape index (κ3) is 7.46. The third-order valence-electron chi connectivity index (χ3n) is 2.19. The fourth-order valence-electron chi connectivity index (χ4n) is 1.27. The zero-order valence-corrected chi connectivity index (χ0v) is 10.5. The largest absolute Gasteiger partial charge is 0.515 e. The summed E-state index contributed by atoms with van der Waals surface area (Å²) in [6, 6.07) is 0. The molecule has 0 aliphatic heterocycles. The maximum absolute atomic E-state index is 11.5. The van der Waals surface area contributed by atoms with Gasteiger partial charge in [0.1, 0.15) is 0 Å². The van der Waals surface area contributed by atoms with E-state index in [1.54, 1.807) is 4.90 Å². The highest BCUT2D eigenvalue weighted by Crippen LogP contribution is 2.14. The summed E-state index contributed by atoms with van der Waals surface area (Å²) >= 11 is 0. The molecule has 0 aliphatic rings. The van der Waals surface area contributed by atoms with E-state index in [0.29, 0.717) is 13.1 Å². The van der Waals surface area contributed by atoms with E-state index in [2.05, 4.69) is 13.8 Å². The first-order valence-electron chi connectivity index (χ1n) is 5.53. The summed E-state index contributed by atoms with van der Waals surface area (Å²) in [6.45, 7) is 5.54. The fourth-order valence-corrected chi connectivity index (χ4v) is 1.71. The summed E-state index contributed by atoms with van der Waals surface area (Å²) in [7, 11) is -2.34. The lowest BCUT2D eigenvalue weighted by Crippen LogP contribution is -2.34. The minimum absolute atomic E-state index is 0.194. The molecule has 1 amide bonds. The fraction of sp³-hybridized carbons (Fsp3) is 0.900. The van der Waals surface area contributed by atoms with Crippen LogP contribution in [0.3, 0.4) is 0 Å². The predicted octanol–water partition coefficient (Wildman–Crippen LogP) is 2.15. The first kappa shape index (κ1) is 14.5. The molecule has 0 aliphatic carbocycles. The quantitative estimate of drug-likeness (QED) is 0.655. The Labute approximate surface area is 92.5 Å². The molecular formula is C10H21NO3P+. The Hall–Kier alpha value is -0.470. The van der Waals surface area contributed by atoms with Crippen LogP contribution in [-0.2, 0) is 9.36 Å². The molecule has 0 aromatic heterocycles. The van der Waals surface area contributed by atoms with Crippen LogP contribution in [0, 0.1) is 0 Å². The Morgan fingerprint density at radius 1 is 1.20 bits per heavy atom. The summed E-state index contributed by atoms with van der Waals surface area (Å²) in [5, 5.41) is 0. The van der Waals surface area contributed by atoms with E-state index < -0.39 is 8.03 Å². The molecule has 1 unspecified atom stereocenters. The van der Waals surface area contributed by atoms with Crippen LogP contribution >= 0.6 is 8.03 Å². The molecular weight excluding hydrogens is 213 g/mol. The lowest BCUT2D eigenvalue weighted by molar-refractivity contribution is -0.128. The smallest absolute Gasteiger partial charge is 0.339 e. The standard InChI is InChI=1S/C10H20NO3P/c1-3-5-7-11(8-6-4-2)10(12)9-15(13)14/h3-9H2,1-2H3/p+1. The number of nitrogens with zero attached hydrogens (tertiary/aromatic N) is 1. The molecule has 0 aromatic carbocycles. The van der Waals surface area contributed by atoms with Gasteiger partial charge in [0.2, 0.25) is 0 Å². The van der Waals surface area contributed by atoms with Gasteiger partial charge >= 0.3 is 8.03 Å². The van der Waals surface area contributed by atoms with E-state index in [9.17, 15) is 9.36 Å². The van der Waals surface area contributed by atoms with Gasteiger partial charge < -0.3 is 4.90 Å². The zero-order chi connectivity index (χ0) is 11.7. The van der Waals surface area contributed by atoms with E-state index in [1.807, 2.05) is 0 Å². The van der Waals surface area contributed by atoms with E-state index >= 15 is 0 Å². The van der Waals surface area contributed by atoms with E-state index in [4.69, 9.17) is 4.89 Å². The van der Waals surface area contributed by atoms with Crippen molar-refractivity contribution in [3.8, 4) is 0 Å². The van der Waals surface area contributed by atoms with Crippen LogP contribution in [0.15, 0.2) is 0 Å². The normalized spacial score (nSPS) is 11.3. The van der Waals surface area contributed by atoms with Crippen LogP contribution in [0.25, 0.3) is 0 Å². The number of carbonyl (C=O) groups is 1. The van der Waals surface area contributed by atoms with Crippen molar-refractivity contribution >= 4 is 13.9 Å². The van der Waals surface area contributed by atoms with Gasteiger partial charge in [-0.15, -0.1) is 0 Å². The average Bonchev–Trinajstić information content (AvgIpc) is 2.17. The summed E-state index contributed by atoms with van der Waals surface area (Å²) in [6.07, 6.45) is 3.74. The van der Waals surface area contributed by atoms with Crippen LogP contribution in [-0.4, -0.2) is 35.0 Å². The molecule has 4 nitrogen and oxygen atoms in total. The van der Waals surface area contributed by atoms with E-state index in [1.165, 1.54) is 0 Å². The van der Waals surface area contributed by atoms with Gasteiger partial charge in [-0.3, -0.25) is 4.79 Å². The van der Waals surface area contributed by atoms with E-state index in [0.717, 1.165) is 25.7 Å². The Kier molecular flexibility index (Phi) is 8.53. The molecule has 1 atom stereocenters. The predicted molar refractivity (Wildman–Crippen MR) is 61.1 cm³/mol. The monoisotopic (exact) mass is 234 g/mol. The van der Waals surface area contributed by atoms with Gasteiger partial charge in [-0.05, 0) is 17.4 Å². The molecule has 0 rings (SSSR count). The molecule has 0 bridgehead atoms. The Balaban J connectivity index is 4.07. The number of carbonyl (C=O) groups excluding carboxylic acids is 1. The van der Waals surface area contributed by atoms with Crippen LogP contribution in [0.5, 0.6) is 0 Å². The molecule has 0 radical (unpaired) electrons. The molecule has 5 heteroatoms. The van der Waals surface area contributed by atoms with Gasteiger partial charge in [0.05, 0.1) is 0 Å². The van der Waals surface area contributed by atoms with Crippen LogP contribution in [0.2, 0.25) is 0 Å². The zero-order valence-electron chi connectivity index (χ0n) is 9.61. The highest BCUT2D eigenvalue weighted by Gasteiger charge is 2.22. The minimum Gasteiger partial charge on any atom is -0.339 e. The van der Waals surface area contributed by atoms with Gasteiger partial charge in [0.25, 0.3) is 12.1 Å². The Morgan fingerprint density at radius 2 is 1.67 bits per heavy atom. The van der Waals surface area contributed by atoms with Gasteiger partial charge in [-0.2, -0.15) is 4.89 Å². The molecule has 0 heterocycles. The summed E-state index contributed by atoms with van der Waals surface area (Å²) in [5.74, 6) is -0.194. The van der Waals surface area contributed by atoms with Crippen LogP contribution in [0.1, 0.15) is 39.5 Å². The van der Waals surface area contributed by atoms with Crippen molar-refractivity contribution < 1.29 is 14.3 Å². The first-order valence-corrected chi connectivity index (χ1v) is 6.92. The highest BCUT2D eigenvalue weighted by molar-refractivity contribution is 7.39. The second-order valence-corrected chi connectivity index (χ2v) is 4.62. The number of rotatable bonds is 8. The molecule has 0 saturated carbocycles. The van der Waals surface area contributed by atoms with Crippen molar-refractivity contribution in [1.29, 1.82) is 0 Å². The van der Waals surface area contributed by atoms with Crippen molar-refractivity contribution in [1.82, 2.24) is 4.90 Å². The van der Waals surface area contributed by atoms with Crippen molar-refractivity contribution in [3.63, 3.8) is 0 Å². The molecule has 0 aromatic rings. The number of hydrogen-bond acceptors (Lipinski definition) is 2. The third-order valence-corrected chi connectivity index (χ3v) is 2.73. The average molecular weight is 234 g/mol. The van der Waals surface area contributed by atoms with E-state index in [-0.39, 0.29) is 12.1 Å². The van der Waals surface area contributed by atoms with Crippen molar-refractivity contribution in [2.24, 2.45) is 0 Å². The second-order valence-electron chi connectivity index (χ2n) is 3.60. The molecule has 0 spiro atoms. The van der Waals surface area contributed by atoms with Crippen molar-refractivity contribution in [2.75, 3.05) is 19.3 Å². The maximum Gasteiger partial charge on any atom is 0.515 e. The first-order chi connectivity index (χ1) is 7.11. The molecule has 0 saturated heterocycles. The maximum atomic E-state index is 11.5. The van der Waals surface area contributed by atoms with Gasteiger partial charge in [-0.1, -0.05) is 26.7 Å². The number of amides is 1. The van der Waals surface area contributed by atoms with Crippen LogP contribution in [0.4, 0.5) is 0 Å². The van der Waals surface area contributed by atoms with Gasteiger partial charge in [0, 0.05) is 13.1 Å². The van der Waals surface area contributed by atoms with Crippen molar-refractivity contribution in [3.05, 3.63) is 0 Å². The summed E-state index contributed by atoms with van der Waals surface area (Å²) in [4.78, 5) is 21.9. The summed E-state index contributed by atoms with van der Waals surface area (Å²) in [5.41, 5.74) is 0. The molecule has 0 fully saturated rings. The Morgan fingerprint density at radius 3 is 2.00 bits per heavy atom. The minimum atomic E-state index is -2.34. The van der Waals surface area contributed by atoms with Crippen molar-refractivity contribution in [2.45, 2.75) is 39.5 Å². The highest BCUT2D eigenvalue weighted by atomic mass is 31.1. The SMILES string of the molecule is CCCCN(CCCC)C(=O)C[P+](=O)O. The second kappa shape index (κ2) is 8.81. The summed E-state index contributed by atoms with van der Waals surface area (Å²) < 4.78 is 10.6. The van der Waals surface area contributed by atoms with Gasteiger partial charge in [-0.25, -0.2) is 0 Å². The molecule has 15 heavy (non-hydrogen) atoms. The van der Waals surface area contributed by atoms with Gasteiger partial charge in [0.15, 0.2) is 0 Å². The lowest BCUT2D eigenvalue weighted by Gasteiger charge is -2.20. The lowest BCUT2D eigenvalue weighted by atomic mass is 10.2. The molecule has 1 N–H and O–H groups in total. The van der Waals surface area contributed by atoms with Crippen LogP contribution < -0.4 is 0 Å². The Bertz CT molecular complexity index is 201. The molecule has 88 valence electrons. The number of unbranched alkanes of at least 4 members (excludes halogenated alkanes) is 2.